The number of para-hydroxylation sites is 1. The lowest BCUT2D eigenvalue weighted by Gasteiger charge is -2.25. The number of benzene rings is 1. The van der Waals surface area contributed by atoms with Crippen molar-refractivity contribution >= 4 is 23.5 Å². The van der Waals surface area contributed by atoms with Crippen LogP contribution in [0.15, 0.2) is 24.3 Å². The molecule has 2 amide bonds. The summed E-state index contributed by atoms with van der Waals surface area (Å²) in [7, 11) is 0. The van der Waals surface area contributed by atoms with Gasteiger partial charge in [-0.1, -0.05) is 12.1 Å². The zero-order valence-electron chi connectivity index (χ0n) is 14.2. The molecule has 6 nitrogen and oxygen atoms in total. The SMILES string of the molecule is O=C(O)C1CCC(C(=O)Nc2ccccc2C(=O)N2CCCC2)CC1. The molecule has 1 aliphatic heterocycles. The summed E-state index contributed by atoms with van der Waals surface area (Å²) >= 11 is 0. The molecule has 3 rings (SSSR count). The number of nitrogens with zero attached hydrogens (tertiary/aromatic N) is 1. The van der Waals surface area contributed by atoms with Gasteiger partial charge in [-0.2, -0.15) is 0 Å². The molecule has 1 saturated heterocycles. The second kappa shape index (κ2) is 7.68. The van der Waals surface area contributed by atoms with Crippen molar-refractivity contribution in [2.24, 2.45) is 11.8 Å². The molecule has 1 saturated carbocycles. The Bertz CT molecular complexity index is 659. The average Bonchev–Trinajstić information content (AvgIpc) is 3.16. The largest absolute Gasteiger partial charge is 0.481 e. The van der Waals surface area contributed by atoms with Crippen LogP contribution in [0.3, 0.4) is 0 Å². The van der Waals surface area contributed by atoms with E-state index < -0.39 is 5.97 Å². The molecule has 0 atom stereocenters. The van der Waals surface area contributed by atoms with Crippen LogP contribution in [0, 0.1) is 11.8 Å². The highest BCUT2D eigenvalue weighted by Gasteiger charge is 2.30. The van der Waals surface area contributed by atoms with Crippen molar-refractivity contribution in [2.75, 3.05) is 18.4 Å². The van der Waals surface area contributed by atoms with E-state index in [1.54, 1.807) is 24.3 Å². The third-order valence-electron chi connectivity index (χ3n) is 5.26. The summed E-state index contributed by atoms with van der Waals surface area (Å²) in [6.45, 7) is 1.53. The number of carboxylic acid groups (broad SMARTS) is 1. The highest BCUT2D eigenvalue weighted by molar-refractivity contribution is 6.04. The smallest absolute Gasteiger partial charge is 0.306 e. The van der Waals surface area contributed by atoms with Gasteiger partial charge in [0.2, 0.25) is 5.91 Å². The molecule has 1 aliphatic carbocycles. The minimum atomic E-state index is -0.777. The molecule has 25 heavy (non-hydrogen) atoms. The maximum atomic E-state index is 12.7. The summed E-state index contributed by atoms with van der Waals surface area (Å²) in [6.07, 6.45) is 4.25. The van der Waals surface area contributed by atoms with Gasteiger partial charge in [0.1, 0.15) is 0 Å². The van der Waals surface area contributed by atoms with Gasteiger partial charge >= 0.3 is 5.97 Å². The number of anilines is 1. The molecular formula is C19H24N2O4. The predicted molar refractivity (Wildman–Crippen MR) is 93.3 cm³/mol. The van der Waals surface area contributed by atoms with Crippen molar-refractivity contribution < 1.29 is 19.5 Å². The number of carbonyl (C=O) groups excluding carboxylic acids is 2. The Morgan fingerprint density at radius 2 is 1.56 bits per heavy atom. The lowest BCUT2D eigenvalue weighted by Crippen LogP contribution is -2.31. The van der Waals surface area contributed by atoms with Crippen LogP contribution in [0.5, 0.6) is 0 Å². The fourth-order valence-electron chi connectivity index (χ4n) is 3.71. The minimum absolute atomic E-state index is 0.0389. The number of nitrogens with one attached hydrogen (secondary N) is 1. The quantitative estimate of drug-likeness (QED) is 0.879. The van der Waals surface area contributed by atoms with Crippen LogP contribution in [0.1, 0.15) is 48.9 Å². The number of rotatable bonds is 4. The summed E-state index contributed by atoms with van der Waals surface area (Å²) in [4.78, 5) is 38.1. The van der Waals surface area contributed by atoms with E-state index in [1.807, 2.05) is 4.90 Å². The van der Waals surface area contributed by atoms with Gasteiger partial charge in [-0.3, -0.25) is 14.4 Å². The Balaban J connectivity index is 1.66. The number of likely N-dealkylation sites (tertiary alicyclic amines) is 1. The molecule has 2 aliphatic rings. The summed E-state index contributed by atoms with van der Waals surface area (Å²) < 4.78 is 0. The van der Waals surface area contributed by atoms with Crippen LogP contribution in [0.4, 0.5) is 5.69 Å². The molecule has 2 fully saturated rings. The molecule has 134 valence electrons. The van der Waals surface area contributed by atoms with Crippen LogP contribution < -0.4 is 5.32 Å². The lowest BCUT2D eigenvalue weighted by atomic mass is 9.81. The molecule has 1 aromatic carbocycles. The van der Waals surface area contributed by atoms with Crippen molar-refractivity contribution in [3.8, 4) is 0 Å². The molecule has 1 heterocycles. The maximum Gasteiger partial charge on any atom is 0.306 e. The molecule has 6 heteroatoms. The van der Waals surface area contributed by atoms with Crippen LogP contribution in [0.2, 0.25) is 0 Å². The molecule has 1 aromatic rings. The second-order valence-corrected chi connectivity index (χ2v) is 6.92. The number of aliphatic carboxylic acids is 1. The van der Waals surface area contributed by atoms with Gasteiger partial charge in [-0.25, -0.2) is 0 Å². The van der Waals surface area contributed by atoms with E-state index >= 15 is 0 Å². The topological polar surface area (TPSA) is 86.7 Å². The van der Waals surface area contributed by atoms with Crippen molar-refractivity contribution in [3.63, 3.8) is 0 Å². The van der Waals surface area contributed by atoms with Crippen LogP contribution in [-0.4, -0.2) is 40.9 Å². The van der Waals surface area contributed by atoms with Crippen LogP contribution in [-0.2, 0) is 9.59 Å². The molecule has 0 radical (unpaired) electrons. The highest BCUT2D eigenvalue weighted by atomic mass is 16.4. The summed E-state index contributed by atoms with van der Waals surface area (Å²) in [5.74, 6) is -1.47. The zero-order chi connectivity index (χ0) is 17.8. The number of carboxylic acids is 1. The van der Waals surface area contributed by atoms with E-state index in [4.69, 9.17) is 5.11 Å². The number of hydrogen-bond acceptors (Lipinski definition) is 3. The van der Waals surface area contributed by atoms with E-state index in [0.29, 0.717) is 36.9 Å². The van der Waals surface area contributed by atoms with Crippen molar-refractivity contribution in [1.29, 1.82) is 0 Å². The first-order valence-corrected chi connectivity index (χ1v) is 8.98. The normalized spacial score (nSPS) is 23.3. The van der Waals surface area contributed by atoms with Gasteiger partial charge in [0.25, 0.3) is 5.91 Å². The van der Waals surface area contributed by atoms with Gasteiger partial charge < -0.3 is 15.3 Å². The van der Waals surface area contributed by atoms with Crippen LogP contribution in [0.25, 0.3) is 0 Å². The standard InChI is InChI=1S/C19H24N2O4/c22-17(13-7-9-14(10-8-13)19(24)25)20-16-6-2-1-5-15(16)18(23)21-11-3-4-12-21/h1-2,5-6,13-14H,3-4,7-12H2,(H,20,22)(H,24,25). The van der Waals surface area contributed by atoms with Crippen molar-refractivity contribution in [1.82, 2.24) is 4.90 Å². The lowest BCUT2D eigenvalue weighted by molar-refractivity contribution is -0.143. The van der Waals surface area contributed by atoms with E-state index in [1.165, 1.54) is 0 Å². The third kappa shape index (κ3) is 4.00. The van der Waals surface area contributed by atoms with Gasteiger partial charge in [0, 0.05) is 19.0 Å². The fraction of sp³-hybridized carbons (Fsp3) is 0.526. The molecule has 0 aromatic heterocycles. The van der Waals surface area contributed by atoms with E-state index in [2.05, 4.69) is 5.32 Å². The number of hydrogen-bond donors (Lipinski definition) is 2. The van der Waals surface area contributed by atoms with E-state index in [9.17, 15) is 14.4 Å². The van der Waals surface area contributed by atoms with Gasteiger partial charge in [0.05, 0.1) is 17.2 Å². The van der Waals surface area contributed by atoms with Crippen molar-refractivity contribution in [3.05, 3.63) is 29.8 Å². The van der Waals surface area contributed by atoms with E-state index in [0.717, 1.165) is 25.9 Å². The third-order valence-corrected chi connectivity index (χ3v) is 5.26. The second-order valence-electron chi connectivity index (χ2n) is 6.92. The number of carbonyl (C=O) groups is 3. The fourth-order valence-corrected chi connectivity index (χ4v) is 3.71. The molecular weight excluding hydrogens is 320 g/mol. The Kier molecular flexibility index (Phi) is 5.36. The first-order chi connectivity index (χ1) is 12.1. The summed E-state index contributed by atoms with van der Waals surface area (Å²) in [5, 5.41) is 12.0. The average molecular weight is 344 g/mol. The molecule has 0 bridgehead atoms. The molecule has 0 spiro atoms. The van der Waals surface area contributed by atoms with E-state index in [-0.39, 0.29) is 23.7 Å². The Hall–Kier alpha value is -2.37. The first-order valence-electron chi connectivity index (χ1n) is 8.98. The first kappa shape index (κ1) is 17.5. The van der Waals surface area contributed by atoms with Gasteiger partial charge in [0.15, 0.2) is 0 Å². The summed E-state index contributed by atoms with van der Waals surface area (Å²) in [6, 6.07) is 7.11. The monoisotopic (exact) mass is 344 g/mol. The number of amides is 2. The van der Waals surface area contributed by atoms with Gasteiger partial charge in [-0.05, 0) is 50.7 Å². The highest BCUT2D eigenvalue weighted by Crippen LogP contribution is 2.30. The maximum absolute atomic E-state index is 12.7. The van der Waals surface area contributed by atoms with Crippen LogP contribution >= 0.6 is 0 Å². The molecule has 0 unspecified atom stereocenters. The minimum Gasteiger partial charge on any atom is -0.481 e. The Morgan fingerprint density at radius 1 is 0.960 bits per heavy atom. The predicted octanol–water partition coefficient (Wildman–Crippen LogP) is 2.75. The van der Waals surface area contributed by atoms with Crippen molar-refractivity contribution in [2.45, 2.75) is 38.5 Å². The summed E-state index contributed by atoms with van der Waals surface area (Å²) in [5.41, 5.74) is 1.07. The Labute approximate surface area is 147 Å². The van der Waals surface area contributed by atoms with Gasteiger partial charge in [-0.15, -0.1) is 0 Å². The Morgan fingerprint density at radius 3 is 2.20 bits per heavy atom. The zero-order valence-corrected chi connectivity index (χ0v) is 14.2. The molecule has 2 N–H and O–H groups in total.